The second-order valence-electron chi connectivity index (χ2n) is 4.04. The average molecular weight is 297 g/mol. The molecule has 0 amide bonds. The van der Waals surface area contributed by atoms with E-state index in [0.717, 1.165) is 11.8 Å². The van der Waals surface area contributed by atoms with E-state index in [1.165, 1.54) is 12.1 Å². The van der Waals surface area contributed by atoms with Crippen molar-refractivity contribution in [3.8, 4) is 11.8 Å². The van der Waals surface area contributed by atoms with Gasteiger partial charge in [0.1, 0.15) is 23.8 Å². The van der Waals surface area contributed by atoms with E-state index in [4.69, 9.17) is 10.00 Å². The van der Waals surface area contributed by atoms with Gasteiger partial charge in [-0.15, -0.1) is 0 Å². The van der Waals surface area contributed by atoms with Crippen molar-refractivity contribution in [1.29, 1.82) is 5.26 Å². The molecule has 1 aromatic carbocycles. The van der Waals surface area contributed by atoms with E-state index >= 15 is 0 Å². The topological polar surface area (TPSA) is 113 Å². The number of pyridine rings is 1. The molecule has 0 atom stereocenters. The Balaban J connectivity index is 1.91. The third kappa shape index (κ3) is 4.28. The molecule has 0 bridgehead atoms. The van der Waals surface area contributed by atoms with E-state index < -0.39 is 4.92 Å². The maximum absolute atomic E-state index is 10.5. The van der Waals surface area contributed by atoms with Gasteiger partial charge < -0.3 is 4.74 Å². The Kier molecular flexibility index (Phi) is 4.99. The molecule has 0 aliphatic rings. The predicted molar refractivity (Wildman–Crippen MR) is 79.7 cm³/mol. The van der Waals surface area contributed by atoms with Crippen molar-refractivity contribution in [2.24, 2.45) is 5.10 Å². The summed E-state index contributed by atoms with van der Waals surface area (Å²) in [5.41, 5.74) is 3.41. The average Bonchev–Trinajstić information content (AvgIpc) is 2.54. The number of rotatable bonds is 6. The lowest BCUT2D eigenvalue weighted by molar-refractivity contribution is -0.385. The SMILES string of the molecule is N#CCOc1ccc(/C=N/Nc2ccc([N+](=O)[O-])cn2)cc1. The Morgan fingerprint density at radius 1 is 1.36 bits per heavy atom. The van der Waals surface area contributed by atoms with Crippen molar-refractivity contribution in [2.75, 3.05) is 12.0 Å². The molecule has 8 heteroatoms. The Hall–Kier alpha value is -3.47. The van der Waals surface area contributed by atoms with Gasteiger partial charge in [-0.3, -0.25) is 15.5 Å². The van der Waals surface area contributed by atoms with Crippen LogP contribution in [0.5, 0.6) is 5.75 Å². The third-order valence-electron chi connectivity index (χ3n) is 2.53. The molecule has 2 rings (SSSR count). The van der Waals surface area contributed by atoms with Gasteiger partial charge in [0.05, 0.1) is 11.1 Å². The number of hydrazone groups is 1. The van der Waals surface area contributed by atoms with Gasteiger partial charge >= 0.3 is 0 Å². The van der Waals surface area contributed by atoms with Gasteiger partial charge in [0.15, 0.2) is 6.61 Å². The molecule has 1 N–H and O–H groups in total. The number of nitro groups is 1. The standard InChI is InChI=1S/C14H11N5O3/c15-7-8-22-13-4-1-11(2-5-13)9-17-18-14-6-3-12(10-16-14)19(20)21/h1-6,9-10H,8H2,(H,16,18)/b17-9+. The zero-order valence-electron chi connectivity index (χ0n) is 11.3. The van der Waals surface area contributed by atoms with Crippen LogP contribution in [0.25, 0.3) is 0 Å². The number of aromatic nitrogens is 1. The highest BCUT2D eigenvalue weighted by Crippen LogP contribution is 2.12. The van der Waals surface area contributed by atoms with Crippen LogP contribution in [0.15, 0.2) is 47.7 Å². The van der Waals surface area contributed by atoms with E-state index in [-0.39, 0.29) is 12.3 Å². The van der Waals surface area contributed by atoms with Crippen LogP contribution in [-0.4, -0.2) is 22.7 Å². The number of anilines is 1. The minimum atomic E-state index is -0.518. The smallest absolute Gasteiger partial charge is 0.287 e. The largest absolute Gasteiger partial charge is 0.479 e. The Labute approximate surface area is 125 Å². The Morgan fingerprint density at radius 3 is 2.73 bits per heavy atom. The first-order valence-electron chi connectivity index (χ1n) is 6.18. The zero-order chi connectivity index (χ0) is 15.8. The highest BCUT2D eigenvalue weighted by atomic mass is 16.6. The highest BCUT2D eigenvalue weighted by molar-refractivity contribution is 5.80. The first-order valence-corrected chi connectivity index (χ1v) is 6.18. The number of ether oxygens (including phenoxy) is 1. The molecular weight excluding hydrogens is 286 g/mol. The van der Waals surface area contributed by atoms with Gasteiger partial charge in [-0.05, 0) is 35.9 Å². The fraction of sp³-hybridized carbons (Fsp3) is 0.0714. The molecular formula is C14H11N5O3. The van der Waals surface area contributed by atoms with Crippen LogP contribution < -0.4 is 10.2 Å². The highest BCUT2D eigenvalue weighted by Gasteiger charge is 2.04. The molecule has 2 aromatic rings. The van der Waals surface area contributed by atoms with Crippen LogP contribution in [0.4, 0.5) is 11.5 Å². The van der Waals surface area contributed by atoms with Crippen molar-refractivity contribution in [3.63, 3.8) is 0 Å². The molecule has 0 unspecified atom stereocenters. The predicted octanol–water partition coefficient (Wildman–Crippen LogP) is 2.34. The van der Waals surface area contributed by atoms with Crippen molar-refractivity contribution in [1.82, 2.24) is 4.98 Å². The summed E-state index contributed by atoms with van der Waals surface area (Å²) in [6.07, 6.45) is 2.72. The first kappa shape index (κ1) is 14.9. The Morgan fingerprint density at radius 2 is 2.14 bits per heavy atom. The van der Waals surface area contributed by atoms with Gasteiger partial charge in [-0.1, -0.05) is 0 Å². The van der Waals surface area contributed by atoms with Crippen LogP contribution >= 0.6 is 0 Å². The number of nitrogens with zero attached hydrogens (tertiary/aromatic N) is 4. The lowest BCUT2D eigenvalue weighted by Crippen LogP contribution is -1.95. The lowest BCUT2D eigenvalue weighted by atomic mass is 10.2. The monoisotopic (exact) mass is 297 g/mol. The number of nitrogens with one attached hydrogen (secondary N) is 1. The van der Waals surface area contributed by atoms with Gasteiger partial charge in [0.2, 0.25) is 0 Å². The quantitative estimate of drug-likeness (QED) is 0.497. The van der Waals surface area contributed by atoms with E-state index in [0.29, 0.717) is 11.6 Å². The molecule has 110 valence electrons. The van der Waals surface area contributed by atoms with Crippen LogP contribution in [0.1, 0.15) is 5.56 Å². The summed E-state index contributed by atoms with van der Waals surface area (Å²) in [6, 6.07) is 11.7. The molecule has 1 aromatic heterocycles. The summed E-state index contributed by atoms with van der Waals surface area (Å²) < 4.78 is 5.13. The van der Waals surface area contributed by atoms with Crippen LogP contribution in [0.2, 0.25) is 0 Å². The molecule has 8 nitrogen and oxygen atoms in total. The van der Waals surface area contributed by atoms with E-state index in [1.807, 2.05) is 6.07 Å². The van der Waals surface area contributed by atoms with Crippen molar-refractivity contribution in [3.05, 3.63) is 58.3 Å². The number of hydrogen-bond donors (Lipinski definition) is 1. The first-order chi connectivity index (χ1) is 10.7. The van der Waals surface area contributed by atoms with E-state index in [2.05, 4.69) is 15.5 Å². The number of hydrogen-bond acceptors (Lipinski definition) is 7. The fourth-order valence-electron chi connectivity index (χ4n) is 1.50. The summed E-state index contributed by atoms with van der Waals surface area (Å²) in [6.45, 7) is 0.000798. The molecule has 0 fully saturated rings. The lowest BCUT2D eigenvalue weighted by Gasteiger charge is -2.01. The number of benzene rings is 1. The number of nitriles is 1. The van der Waals surface area contributed by atoms with Gasteiger partial charge in [0.25, 0.3) is 5.69 Å². The molecule has 0 spiro atoms. The maximum Gasteiger partial charge on any atom is 0.287 e. The van der Waals surface area contributed by atoms with Crippen LogP contribution in [0, 0.1) is 21.4 Å². The minimum Gasteiger partial charge on any atom is -0.479 e. The molecule has 0 radical (unpaired) electrons. The summed E-state index contributed by atoms with van der Waals surface area (Å²) >= 11 is 0. The molecule has 22 heavy (non-hydrogen) atoms. The molecule has 0 aliphatic heterocycles. The third-order valence-corrected chi connectivity index (χ3v) is 2.53. The zero-order valence-corrected chi connectivity index (χ0v) is 11.3. The minimum absolute atomic E-state index is 0.000798. The normalized spacial score (nSPS) is 10.1. The van der Waals surface area contributed by atoms with Crippen molar-refractivity contribution in [2.45, 2.75) is 0 Å². The summed E-state index contributed by atoms with van der Waals surface area (Å²) in [5.74, 6) is 1.000. The van der Waals surface area contributed by atoms with Crippen molar-refractivity contribution < 1.29 is 9.66 Å². The van der Waals surface area contributed by atoms with Gasteiger partial charge in [-0.25, -0.2) is 4.98 Å². The van der Waals surface area contributed by atoms with Crippen LogP contribution in [0.3, 0.4) is 0 Å². The second kappa shape index (κ2) is 7.35. The van der Waals surface area contributed by atoms with Gasteiger partial charge in [0, 0.05) is 6.07 Å². The van der Waals surface area contributed by atoms with Gasteiger partial charge in [-0.2, -0.15) is 10.4 Å². The fourth-order valence-corrected chi connectivity index (χ4v) is 1.50. The maximum atomic E-state index is 10.5. The molecule has 0 saturated carbocycles. The Bertz CT molecular complexity index is 705. The summed E-state index contributed by atoms with van der Waals surface area (Å²) in [7, 11) is 0. The summed E-state index contributed by atoms with van der Waals surface area (Å²) in [4.78, 5) is 13.8. The van der Waals surface area contributed by atoms with Crippen molar-refractivity contribution >= 4 is 17.7 Å². The van der Waals surface area contributed by atoms with E-state index in [1.54, 1.807) is 30.5 Å². The van der Waals surface area contributed by atoms with Crippen LogP contribution in [-0.2, 0) is 0 Å². The molecule has 1 heterocycles. The molecule has 0 aliphatic carbocycles. The van der Waals surface area contributed by atoms with E-state index in [9.17, 15) is 10.1 Å². The summed E-state index contributed by atoms with van der Waals surface area (Å²) in [5, 5.41) is 22.9. The molecule has 0 saturated heterocycles. The second-order valence-corrected chi connectivity index (χ2v) is 4.04.